The Hall–Kier alpha value is -2.69. The number of amides is 1. The van der Waals surface area contributed by atoms with E-state index < -0.39 is 42.4 Å². The van der Waals surface area contributed by atoms with Gasteiger partial charge in [-0.05, 0) is 55.6 Å². The van der Waals surface area contributed by atoms with Crippen LogP contribution in [-0.2, 0) is 16.0 Å². The Morgan fingerprint density at radius 2 is 1.94 bits per heavy atom. The first-order valence-electron chi connectivity index (χ1n) is 10.8. The number of carbonyl (C=O) groups excluding carboxylic acids is 1. The molecule has 2 unspecified atom stereocenters. The number of carboxylic acids is 1. The highest BCUT2D eigenvalue weighted by atomic mass is 19.4. The number of hydrogen-bond acceptors (Lipinski definition) is 5. The summed E-state index contributed by atoms with van der Waals surface area (Å²) in [6, 6.07) is 0.689. The number of nitrogens with two attached hydrogens (primary N) is 1. The second-order valence-corrected chi connectivity index (χ2v) is 9.41. The minimum absolute atomic E-state index is 0.191. The van der Waals surface area contributed by atoms with Crippen molar-refractivity contribution in [2.24, 2.45) is 28.9 Å². The summed E-state index contributed by atoms with van der Waals surface area (Å²) >= 11 is 0. The molecular weight excluding hydrogens is 427 g/mol. The third-order valence-corrected chi connectivity index (χ3v) is 7.06. The number of rotatable bonds is 7. The molecule has 5 rings (SSSR count). The second kappa shape index (κ2) is 7.16. The summed E-state index contributed by atoms with van der Waals surface area (Å²) in [6.07, 6.45) is 0.372. The molecule has 4 N–H and O–H groups in total. The van der Waals surface area contributed by atoms with E-state index >= 15 is 0 Å². The molecule has 3 heterocycles. The Labute approximate surface area is 181 Å². The number of alkyl halides is 3. The SMILES string of the molecule is NC(c1cn2nc(CC3(C(=O)O)C[C@@H](C(F)(F)F)NC3=O)ccc2n1)C(C1CC1)C1CC1. The highest BCUT2D eigenvalue weighted by Gasteiger charge is 2.59. The van der Waals surface area contributed by atoms with Crippen LogP contribution in [0.1, 0.15) is 49.5 Å². The predicted molar refractivity (Wildman–Crippen MR) is 105 cm³/mol. The molecule has 1 amide bonds. The number of carboxylic acid groups (broad SMARTS) is 1. The van der Waals surface area contributed by atoms with Crippen LogP contribution in [0.2, 0.25) is 0 Å². The van der Waals surface area contributed by atoms with Crippen LogP contribution in [0.25, 0.3) is 5.65 Å². The first-order valence-corrected chi connectivity index (χ1v) is 10.8. The van der Waals surface area contributed by atoms with Crippen molar-refractivity contribution in [2.75, 3.05) is 0 Å². The largest absolute Gasteiger partial charge is 0.480 e. The Balaban J connectivity index is 1.41. The number of aliphatic carboxylic acids is 1. The molecule has 1 aliphatic heterocycles. The van der Waals surface area contributed by atoms with E-state index in [1.54, 1.807) is 17.6 Å². The van der Waals surface area contributed by atoms with Crippen LogP contribution in [0.5, 0.6) is 0 Å². The quantitative estimate of drug-likeness (QED) is 0.555. The molecular formula is C21H24F3N5O3. The number of imidazole rings is 1. The summed E-state index contributed by atoms with van der Waals surface area (Å²) < 4.78 is 40.8. The number of hydrogen-bond donors (Lipinski definition) is 3. The summed E-state index contributed by atoms with van der Waals surface area (Å²) in [5, 5.41) is 15.8. The molecule has 2 aliphatic carbocycles. The van der Waals surface area contributed by atoms with Gasteiger partial charge in [0.1, 0.15) is 6.04 Å². The van der Waals surface area contributed by atoms with E-state index in [4.69, 9.17) is 5.73 Å². The average Bonchev–Trinajstić information content (AvgIpc) is 3.64. The minimum atomic E-state index is -4.72. The molecule has 1 saturated heterocycles. The molecule has 0 aromatic carbocycles. The van der Waals surface area contributed by atoms with Gasteiger partial charge in [-0.2, -0.15) is 18.3 Å². The highest BCUT2D eigenvalue weighted by molar-refractivity contribution is 6.04. The van der Waals surface area contributed by atoms with Gasteiger partial charge < -0.3 is 16.2 Å². The molecule has 0 radical (unpaired) electrons. The van der Waals surface area contributed by atoms with Crippen molar-refractivity contribution in [3.05, 3.63) is 29.7 Å². The number of carbonyl (C=O) groups is 2. The maximum atomic E-state index is 13.1. The number of halogens is 3. The molecule has 8 nitrogen and oxygen atoms in total. The van der Waals surface area contributed by atoms with E-state index in [2.05, 4.69) is 10.1 Å². The normalized spacial score (nSPS) is 27.2. The Kier molecular flexibility index (Phi) is 4.74. The topological polar surface area (TPSA) is 123 Å². The highest BCUT2D eigenvalue weighted by Crippen LogP contribution is 2.53. The second-order valence-electron chi connectivity index (χ2n) is 9.41. The van der Waals surface area contributed by atoms with Gasteiger partial charge in [0.05, 0.1) is 23.6 Å². The van der Waals surface area contributed by atoms with Crippen LogP contribution < -0.4 is 11.1 Å². The third-order valence-electron chi connectivity index (χ3n) is 7.06. The van der Waals surface area contributed by atoms with E-state index in [0.717, 1.165) is 0 Å². The lowest BCUT2D eigenvalue weighted by atomic mass is 9.80. The van der Waals surface area contributed by atoms with Gasteiger partial charge in [0, 0.05) is 12.8 Å². The Bertz CT molecular complexity index is 1070. The van der Waals surface area contributed by atoms with Crippen molar-refractivity contribution in [1.29, 1.82) is 0 Å². The molecule has 3 atom stereocenters. The molecule has 11 heteroatoms. The Morgan fingerprint density at radius 3 is 2.47 bits per heavy atom. The van der Waals surface area contributed by atoms with Crippen LogP contribution in [-0.4, -0.2) is 43.8 Å². The van der Waals surface area contributed by atoms with Crippen molar-refractivity contribution < 1.29 is 27.9 Å². The van der Waals surface area contributed by atoms with Gasteiger partial charge >= 0.3 is 12.1 Å². The van der Waals surface area contributed by atoms with E-state index in [1.165, 1.54) is 36.3 Å². The lowest BCUT2D eigenvalue weighted by molar-refractivity contribution is -0.158. The van der Waals surface area contributed by atoms with Gasteiger partial charge in [0.25, 0.3) is 0 Å². The molecule has 2 aromatic rings. The van der Waals surface area contributed by atoms with E-state index in [1.807, 2.05) is 0 Å². The van der Waals surface area contributed by atoms with Crippen molar-refractivity contribution in [1.82, 2.24) is 19.9 Å². The van der Waals surface area contributed by atoms with Gasteiger partial charge in [0.2, 0.25) is 5.91 Å². The van der Waals surface area contributed by atoms with Crippen LogP contribution >= 0.6 is 0 Å². The number of aromatic nitrogens is 3. The number of nitrogens with one attached hydrogen (secondary N) is 1. The van der Waals surface area contributed by atoms with Crippen molar-refractivity contribution in [3.8, 4) is 0 Å². The lowest BCUT2D eigenvalue weighted by Gasteiger charge is -2.21. The third kappa shape index (κ3) is 3.62. The zero-order valence-electron chi connectivity index (χ0n) is 17.2. The zero-order chi connectivity index (χ0) is 22.8. The average molecular weight is 451 g/mol. The van der Waals surface area contributed by atoms with Crippen LogP contribution in [0.3, 0.4) is 0 Å². The van der Waals surface area contributed by atoms with E-state index in [0.29, 0.717) is 29.1 Å². The van der Waals surface area contributed by atoms with Crippen LogP contribution in [0.15, 0.2) is 18.3 Å². The van der Waals surface area contributed by atoms with Gasteiger partial charge in [-0.15, -0.1) is 0 Å². The maximum absolute atomic E-state index is 13.1. The van der Waals surface area contributed by atoms with Crippen molar-refractivity contribution in [2.45, 2.75) is 56.8 Å². The molecule has 0 spiro atoms. The fraction of sp³-hybridized carbons (Fsp3) is 0.619. The minimum Gasteiger partial charge on any atom is -0.480 e. The van der Waals surface area contributed by atoms with Gasteiger partial charge in [-0.25, -0.2) is 9.50 Å². The first kappa shape index (κ1) is 21.2. The maximum Gasteiger partial charge on any atom is 0.408 e. The molecule has 3 fully saturated rings. The fourth-order valence-corrected chi connectivity index (χ4v) is 5.03. The van der Waals surface area contributed by atoms with E-state index in [-0.39, 0.29) is 11.7 Å². The summed E-state index contributed by atoms with van der Waals surface area (Å²) in [6.45, 7) is 0. The number of nitrogens with zero attached hydrogens (tertiary/aromatic N) is 3. The first-order chi connectivity index (χ1) is 15.1. The van der Waals surface area contributed by atoms with Crippen LogP contribution in [0, 0.1) is 23.2 Å². The summed E-state index contributed by atoms with van der Waals surface area (Å²) in [5.74, 6) is -1.11. The van der Waals surface area contributed by atoms with Crippen molar-refractivity contribution in [3.63, 3.8) is 0 Å². The molecule has 2 aromatic heterocycles. The standard InChI is InChI=1S/C21H24F3N5O3/c22-21(23,24)14-8-20(19(31)32,18(30)27-14)7-12-5-6-15-26-13(9-29(15)28-12)17(25)16(10-1-2-10)11-3-4-11/h5-6,9-11,14,16-17H,1-4,7-8,25H2,(H,27,30)(H,31,32)/t14-,17?,20?/m0/s1. The Morgan fingerprint density at radius 1 is 1.28 bits per heavy atom. The summed E-state index contributed by atoms with van der Waals surface area (Å²) in [4.78, 5) is 28.8. The monoisotopic (exact) mass is 451 g/mol. The molecule has 0 bridgehead atoms. The fourth-order valence-electron chi connectivity index (χ4n) is 5.03. The molecule has 2 saturated carbocycles. The summed E-state index contributed by atoms with van der Waals surface area (Å²) in [5.41, 5.74) is 5.72. The number of fused-ring (bicyclic) bond motifs is 1. The lowest BCUT2D eigenvalue weighted by Crippen LogP contribution is -2.41. The molecule has 3 aliphatic rings. The van der Waals surface area contributed by atoms with Gasteiger partial charge in [0.15, 0.2) is 11.1 Å². The van der Waals surface area contributed by atoms with E-state index in [9.17, 15) is 27.9 Å². The smallest absolute Gasteiger partial charge is 0.408 e. The van der Waals surface area contributed by atoms with Gasteiger partial charge in [-0.3, -0.25) is 9.59 Å². The van der Waals surface area contributed by atoms with Crippen molar-refractivity contribution >= 4 is 17.5 Å². The van der Waals surface area contributed by atoms with Crippen LogP contribution in [0.4, 0.5) is 13.2 Å². The zero-order valence-corrected chi connectivity index (χ0v) is 17.2. The predicted octanol–water partition coefficient (Wildman–Crippen LogP) is 2.23. The van der Waals surface area contributed by atoms with Gasteiger partial charge in [-0.1, -0.05) is 0 Å². The summed E-state index contributed by atoms with van der Waals surface area (Å²) in [7, 11) is 0. The molecule has 172 valence electrons. The molecule has 32 heavy (non-hydrogen) atoms.